The number of carbonyl (C=O) groups is 1. The quantitative estimate of drug-likeness (QED) is 0.878. The van der Waals surface area contributed by atoms with Crippen LogP contribution in [0.4, 0.5) is 5.69 Å². The van der Waals surface area contributed by atoms with E-state index in [1.165, 1.54) is 0 Å². The maximum Gasteiger partial charge on any atom is 0.255 e. The average Bonchev–Trinajstić information content (AvgIpc) is 2.91. The number of nitrogens with one attached hydrogen (secondary N) is 2. The van der Waals surface area contributed by atoms with Crippen LogP contribution in [0.25, 0.3) is 0 Å². The zero-order valence-corrected chi connectivity index (χ0v) is 13.9. The molecule has 2 aliphatic heterocycles. The van der Waals surface area contributed by atoms with Gasteiger partial charge in [0.05, 0.1) is 13.2 Å². The molecular formula is C18H19ClN2O3. The van der Waals surface area contributed by atoms with E-state index in [2.05, 4.69) is 10.6 Å². The highest BCUT2D eigenvalue weighted by Gasteiger charge is 2.15. The van der Waals surface area contributed by atoms with Gasteiger partial charge in [-0.3, -0.25) is 4.79 Å². The van der Waals surface area contributed by atoms with Gasteiger partial charge in [0.1, 0.15) is 12.4 Å². The molecule has 0 atom stereocenters. The highest BCUT2D eigenvalue weighted by Crippen LogP contribution is 2.25. The second-order valence-electron chi connectivity index (χ2n) is 5.78. The topological polar surface area (TPSA) is 59.6 Å². The first kappa shape index (κ1) is 16.8. The second kappa shape index (κ2) is 7.21. The summed E-state index contributed by atoms with van der Waals surface area (Å²) in [7, 11) is 0. The Morgan fingerprint density at radius 3 is 2.83 bits per heavy atom. The van der Waals surface area contributed by atoms with Crippen LogP contribution >= 0.6 is 12.4 Å². The molecular weight excluding hydrogens is 328 g/mol. The lowest BCUT2D eigenvalue weighted by Gasteiger charge is -2.10. The largest absolute Gasteiger partial charge is 0.492 e. The number of hydrogen-bond donors (Lipinski definition) is 2. The first-order valence-electron chi connectivity index (χ1n) is 7.77. The first-order valence-corrected chi connectivity index (χ1v) is 7.77. The summed E-state index contributed by atoms with van der Waals surface area (Å²) >= 11 is 0. The van der Waals surface area contributed by atoms with E-state index in [4.69, 9.17) is 9.47 Å². The van der Waals surface area contributed by atoms with Crippen LogP contribution in [0.3, 0.4) is 0 Å². The van der Waals surface area contributed by atoms with Crippen molar-refractivity contribution in [1.82, 2.24) is 5.32 Å². The van der Waals surface area contributed by atoms with Gasteiger partial charge < -0.3 is 20.1 Å². The molecule has 0 bridgehead atoms. The lowest BCUT2D eigenvalue weighted by molar-refractivity contribution is 0.102. The van der Waals surface area contributed by atoms with Gasteiger partial charge >= 0.3 is 0 Å². The molecule has 2 N–H and O–H groups in total. The smallest absolute Gasteiger partial charge is 0.255 e. The van der Waals surface area contributed by atoms with Crippen LogP contribution in [0.15, 0.2) is 36.4 Å². The first-order chi connectivity index (χ1) is 11.3. The summed E-state index contributed by atoms with van der Waals surface area (Å²) in [6.45, 7) is 3.45. The van der Waals surface area contributed by atoms with Crippen molar-refractivity contribution in [2.45, 2.75) is 19.8 Å². The third kappa shape index (κ3) is 3.38. The van der Waals surface area contributed by atoms with Gasteiger partial charge in [-0.1, -0.05) is 6.07 Å². The van der Waals surface area contributed by atoms with Crippen molar-refractivity contribution < 1.29 is 14.3 Å². The van der Waals surface area contributed by atoms with E-state index >= 15 is 0 Å². The van der Waals surface area contributed by atoms with Gasteiger partial charge in [-0.05, 0) is 41.5 Å². The Labute approximate surface area is 146 Å². The summed E-state index contributed by atoms with van der Waals surface area (Å²) in [6, 6.07) is 11.5. The standard InChI is InChI=1S/C18H18N2O3.ClH/c21-18(12-1-2-13-10-22-11-15(13)7-12)20-16-3-4-17-14(8-16)9-19-5-6-23-17;/h1-4,7-8,19H,5-6,9-11H2,(H,20,21);1H. The number of halogens is 1. The number of anilines is 1. The van der Waals surface area contributed by atoms with Crippen LogP contribution < -0.4 is 15.4 Å². The van der Waals surface area contributed by atoms with E-state index in [1.54, 1.807) is 0 Å². The molecule has 0 radical (unpaired) electrons. The molecule has 2 aliphatic rings. The van der Waals surface area contributed by atoms with Crippen LogP contribution in [0.2, 0.25) is 0 Å². The summed E-state index contributed by atoms with van der Waals surface area (Å²) in [6.07, 6.45) is 0. The molecule has 0 saturated carbocycles. The fourth-order valence-electron chi connectivity index (χ4n) is 2.91. The van der Waals surface area contributed by atoms with Gasteiger partial charge in [-0.25, -0.2) is 0 Å². The third-order valence-corrected chi connectivity index (χ3v) is 4.15. The summed E-state index contributed by atoms with van der Waals surface area (Å²) in [5.41, 5.74) is 4.74. The minimum Gasteiger partial charge on any atom is -0.492 e. The van der Waals surface area contributed by atoms with E-state index < -0.39 is 0 Å². The Bertz CT molecular complexity index is 764. The van der Waals surface area contributed by atoms with Gasteiger partial charge in [0.25, 0.3) is 5.91 Å². The second-order valence-corrected chi connectivity index (χ2v) is 5.78. The zero-order valence-electron chi connectivity index (χ0n) is 13.1. The summed E-state index contributed by atoms with van der Waals surface area (Å²) in [5.74, 6) is 0.768. The van der Waals surface area contributed by atoms with Crippen LogP contribution in [-0.4, -0.2) is 19.1 Å². The summed E-state index contributed by atoms with van der Waals surface area (Å²) in [5, 5.41) is 6.25. The maximum atomic E-state index is 12.5. The van der Waals surface area contributed by atoms with Crippen LogP contribution in [-0.2, 0) is 24.5 Å². The Morgan fingerprint density at radius 2 is 1.92 bits per heavy atom. The van der Waals surface area contributed by atoms with Gasteiger partial charge in [0.15, 0.2) is 0 Å². The number of fused-ring (bicyclic) bond motifs is 2. The SMILES string of the molecule is Cl.O=C(Nc1ccc2c(c1)CNCCO2)c1ccc2c(c1)COC2. The van der Waals surface area contributed by atoms with Gasteiger partial charge in [0, 0.05) is 29.9 Å². The van der Waals surface area contributed by atoms with E-state index in [9.17, 15) is 4.79 Å². The van der Waals surface area contributed by atoms with E-state index in [0.29, 0.717) is 25.4 Å². The molecule has 1 amide bonds. The molecule has 0 fully saturated rings. The molecule has 0 aromatic heterocycles. The minimum absolute atomic E-state index is 0. The summed E-state index contributed by atoms with van der Waals surface area (Å²) in [4.78, 5) is 12.5. The molecule has 6 heteroatoms. The van der Waals surface area contributed by atoms with Crippen molar-refractivity contribution in [3.8, 4) is 5.75 Å². The lowest BCUT2D eigenvalue weighted by atomic mass is 10.1. The van der Waals surface area contributed by atoms with Crippen molar-refractivity contribution in [3.05, 3.63) is 58.7 Å². The molecule has 0 unspecified atom stereocenters. The third-order valence-electron chi connectivity index (χ3n) is 4.15. The van der Waals surface area contributed by atoms with Crippen molar-refractivity contribution in [2.75, 3.05) is 18.5 Å². The predicted molar refractivity (Wildman–Crippen MR) is 93.8 cm³/mol. The zero-order chi connectivity index (χ0) is 15.6. The number of hydrogen-bond acceptors (Lipinski definition) is 4. The van der Waals surface area contributed by atoms with Crippen molar-refractivity contribution >= 4 is 24.0 Å². The van der Waals surface area contributed by atoms with Crippen LogP contribution in [0.5, 0.6) is 5.75 Å². The minimum atomic E-state index is -0.109. The molecule has 0 aliphatic carbocycles. The lowest BCUT2D eigenvalue weighted by Crippen LogP contribution is -2.16. The molecule has 2 aromatic carbocycles. The monoisotopic (exact) mass is 346 g/mol. The molecule has 5 nitrogen and oxygen atoms in total. The summed E-state index contributed by atoms with van der Waals surface area (Å²) < 4.78 is 11.0. The van der Waals surface area contributed by atoms with Gasteiger partial charge in [-0.2, -0.15) is 0 Å². The van der Waals surface area contributed by atoms with Crippen LogP contribution in [0.1, 0.15) is 27.0 Å². The molecule has 24 heavy (non-hydrogen) atoms. The normalized spacial score (nSPS) is 15.3. The molecule has 4 rings (SSSR count). The molecule has 2 heterocycles. The van der Waals surface area contributed by atoms with Gasteiger partial charge in [0.2, 0.25) is 0 Å². The molecule has 2 aromatic rings. The predicted octanol–water partition coefficient (Wildman–Crippen LogP) is 2.87. The number of rotatable bonds is 2. The Morgan fingerprint density at radius 1 is 1.04 bits per heavy atom. The van der Waals surface area contributed by atoms with E-state index in [-0.39, 0.29) is 18.3 Å². The van der Waals surface area contributed by atoms with Gasteiger partial charge in [-0.15, -0.1) is 12.4 Å². The Hall–Kier alpha value is -2.08. The highest BCUT2D eigenvalue weighted by molar-refractivity contribution is 6.04. The highest BCUT2D eigenvalue weighted by atomic mass is 35.5. The van der Waals surface area contributed by atoms with Crippen molar-refractivity contribution in [3.63, 3.8) is 0 Å². The Balaban J connectivity index is 0.00000169. The van der Waals surface area contributed by atoms with Crippen LogP contribution in [0, 0.1) is 0 Å². The Kier molecular flexibility index (Phi) is 5.04. The number of ether oxygens (including phenoxy) is 2. The van der Waals surface area contributed by atoms with Crippen molar-refractivity contribution in [1.29, 1.82) is 0 Å². The number of amides is 1. The molecule has 126 valence electrons. The molecule has 0 spiro atoms. The van der Waals surface area contributed by atoms with E-state index in [1.807, 2.05) is 36.4 Å². The fraction of sp³-hybridized carbons (Fsp3) is 0.278. The van der Waals surface area contributed by atoms with Crippen molar-refractivity contribution in [2.24, 2.45) is 0 Å². The number of benzene rings is 2. The maximum absolute atomic E-state index is 12.5. The number of carbonyl (C=O) groups excluding carboxylic acids is 1. The van der Waals surface area contributed by atoms with E-state index in [0.717, 1.165) is 41.2 Å². The fourth-order valence-corrected chi connectivity index (χ4v) is 2.91. The molecule has 0 saturated heterocycles. The average molecular weight is 347 g/mol.